The summed E-state index contributed by atoms with van der Waals surface area (Å²) in [5, 5.41) is 5.88. The normalized spacial score (nSPS) is 20.8. The topological polar surface area (TPSA) is 112 Å². The number of piperazine rings is 1. The molecule has 5 rings (SSSR count). The van der Waals surface area contributed by atoms with E-state index in [9.17, 15) is 18.8 Å². The van der Waals surface area contributed by atoms with Gasteiger partial charge in [0, 0.05) is 43.2 Å². The van der Waals surface area contributed by atoms with E-state index in [4.69, 9.17) is 0 Å². The molecule has 10 heteroatoms. The summed E-state index contributed by atoms with van der Waals surface area (Å²) in [5.41, 5.74) is 3.57. The van der Waals surface area contributed by atoms with Crippen LogP contribution in [0.4, 0.5) is 4.39 Å². The number of H-pyrrole nitrogens is 1. The molecule has 1 aliphatic heterocycles. The highest BCUT2D eigenvalue weighted by molar-refractivity contribution is 5.95. The number of imidazole rings is 1. The van der Waals surface area contributed by atoms with Gasteiger partial charge in [0.15, 0.2) is 0 Å². The van der Waals surface area contributed by atoms with Gasteiger partial charge in [-0.3, -0.25) is 19.3 Å². The second-order valence-electron chi connectivity index (χ2n) is 10.8. The molecule has 39 heavy (non-hydrogen) atoms. The van der Waals surface area contributed by atoms with E-state index in [2.05, 4.69) is 36.1 Å². The number of aromatic amines is 1. The molecule has 3 N–H and O–H groups in total. The zero-order chi connectivity index (χ0) is 27.5. The van der Waals surface area contributed by atoms with Crippen molar-refractivity contribution in [2.24, 2.45) is 10.9 Å². The number of fused-ring (bicyclic) bond motifs is 1. The van der Waals surface area contributed by atoms with Crippen molar-refractivity contribution in [1.29, 1.82) is 0 Å². The third kappa shape index (κ3) is 6.27. The number of amides is 3. The molecule has 0 bridgehead atoms. The summed E-state index contributed by atoms with van der Waals surface area (Å²) < 4.78 is 15.5. The van der Waals surface area contributed by atoms with Gasteiger partial charge < -0.3 is 20.2 Å². The second kappa shape index (κ2) is 11.5. The van der Waals surface area contributed by atoms with Crippen LogP contribution in [-0.4, -0.2) is 57.8 Å². The minimum Gasteiger partial charge on any atom is -0.354 e. The van der Waals surface area contributed by atoms with Crippen LogP contribution < -0.4 is 16.3 Å². The van der Waals surface area contributed by atoms with Crippen LogP contribution in [0.25, 0.3) is 11.0 Å². The first kappa shape index (κ1) is 26.8. The number of benzene rings is 2. The Morgan fingerprint density at radius 3 is 2.54 bits per heavy atom. The number of carbonyl (C=O) groups is 3. The number of hydrogen-bond acceptors (Lipinski definition) is 4. The Balaban J connectivity index is 1.48. The van der Waals surface area contributed by atoms with Crippen molar-refractivity contribution in [3.8, 4) is 0 Å². The highest BCUT2D eigenvalue weighted by Gasteiger charge is 2.29. The van der Waals surface area contributed by atoms with Crippen LogP contribution in [0.2, 0.25) is 0 Å². The highest BCUT2D eigenvalue weighted by Crippen LogP contribution is 2.33. The Kier molecular flexibility index (Phi) is 7.92. The van der Waals surface area contributed by atoms with Crippen molar-refractivity contribution < 1.29 is 18.8 Å². The molecule has 0 unspecified atom stereocenters. The van der Waals surface area contributed by atoms with Gasteiger partial charge >= 0.3 is 0 Å². The molecule has 1 aromatic heterocycles. The van der Waals surface area contributed by atoms with E-state index in [1.54, 1.807) is 0 Å². The van der Waals surface area contributed by atoms with Gasteiger partial charge in [-0.05, 0) is 81.5 Å². The number of hydrogen-bond donors (Lipinski definition) is 3. The summed E-state index contributed by atoms with van der Waals surface area (Å²) in [5.74, 6) is -0.783. The zero-order valence-electron chi connectivity index (χ0n) is 22.4. The van der Waals surface area contributed by atoms with Crippen LogP contribution in [0.5, 0.6) is 0 Å². The molecule has 1 saturated heterocycles. The number of carbonyl (C=O) groups excluding carboxylic acids is 3. The molecular weight excluding hydrogens is 499 g/mol. The summed E-state index contributed by atoms with van der Waals surface area (Å²) in [6.07, 6.45) is 3.04. The average Bonchev–Trinajstić information content (AvgIpc) is 3.25. The molecular formula is C29H35FN6O3. The van der Waals surface area contributed by atoms with Crippen LogP contribution in [0.1, 0.15) is 61.5 Å². The van der Waals surface area contributed by atoms with Gasteiger partial charge in [-0.25, -0.2) is 4.39 Å². The van der Waals surface area contributed by atoms with Gasteiger partial charge in [-0.15, -0.1) is 0 Å². The number of aromatic nitrogens is 2. The molecule has 9 nitrogen and oxygen atoms in total. The van der Waals surface area contributed by atoms with E-state index in [1.807, 2.05) is 26.0 Å². The van der Waals surface area contributed by atoms with E-state index in [0.717, 1.165) is 48.8 Å². The number of nitrogens with one attached hydrogen (secondary N) is 3. The maximum Gasteiger partial charge on any atom is 0.280 e. The first-order valence-electron chi connectivity index (χ1n) is 13.6. The van der Waals surface area contributed by atoms with Crippen molar-refractivity contribution in [1.82, 2.24) is 25.1 Å². The molecule has 1 aliphatic carbocycles. The van der Waals surface area contributed by atoms with Crippen LogP contribution in [-0.2, 0) is 16.1 Å². The quantitative estimate of drug-likeness (QED) is 0.451. The first-order valence-corrected chi connectivity index (χ1v) is 13.6. The molecule has 2 aromatic carbocycles. The van der Waals surface area contributed by atoms with Gasteiger partial charge in [-0.2, -0.15) is 4.99 Å². The largest absolute Gasteiger partial charge is 0.354 e. The van der Waals surface area contributed by atoms with E-state index in [-0.39, 0.29) is 29.8 Å². The van der Waals surface area contributed by atoms with Gasteiger partial charge in [-0.1, -0.05) is 6.07 Å². The molecule has 0 radical (unpaired) electrons. The Morgan fingerprint density at radius 2 is 1.85 bits per heavy atom. The SMILES string of the molecule is CC(C)NC(=O)[C@H]1CC[C@@H](n2/c(=N/C(=O)c3ccc(F)cc3)[nH]c3ccc(CN4CCNC(=O)C4)cc32)CC1. The molecule has 2 heterocycles. The second-order valence-corrected chi connectivity index (χ2v) is 10.8. The molecule has 3 amide bonds. The number of nitrogens with zero attached hydrogens (tertiary/aromatic N) is 3. The predicted molar refractivity (Wildman–Crippen MR) is 145 cm³/mol. The van der Waals surface area contributed by atoms with E-state index >= 15 is 0 Å². The van der Waals surface area contributed by atoms with Crippen LogP contribution >= 0.6 is 0 Å². The Labute approximate surface area is 226 Å². The van der Waals surface area contributed by atoms with Gasteiger partial charge in [0.2, 0.25) is 17.4 Å². The van der Waals surface area contributed by atoms with Crippen molar-refractivity contribution in [2.45, 2.75) is 58.2 Å². The number of rotatable bonds is 6. The predicted octanol–water partition coefficient (Wildman–Crippen LogP) is 3.04. The molecule has 3 aromatic rings. The molecule has 2 aliphatic rings. The fourth-order valence-corrected chi connectivity index (χ4v) is 5.56. The minimum absolute atomic E-state index is 0.0256. The summed E-state index contributed by atoms with van der Waals surface area (Å²) in [7, 11) is 0. The fraction of sp³-hybridized carbons (Fsp3) is 0.448. The molecule has 2 fully saturated rings. The summed E-state index contributed by atoms with van der Waals surface area (Å²) in [6.45, 7) is 6.34. The summed E-state index contributed by atoms with van der Waals surface area (Å²) in [6, 6.07) is 11.6. The van der Waals surface area contributed by atoms with E-state index in [1.165, 1.54) is 24.3 Å². The lowest BCUT2D eigenvalue weighted by Crippen LogP contribution is -2.47. The fourth-order valence-electron chi connectivity index (χ4n) is 5.56. The Morgan fingerprint density at radius 1 is 1.10 bits per heavy atom. The minimum atomic E-state index is -0.458. The first-order chi connectivity index (χ1) is 18.8. The summed E-state index contributed by atoms with van der Waals surface area (Å²) in [4.78, 5) is 47.3. The van der Waals surface area contributed by atoms with Crippen molar-refractivity contribution in [3.05, 3.63) is 65.0 Å². The van der Waals surface area contributed by atoms with Gasteiger partial charge in [0.1, 0.15) is 5.82 Å². The maximum atomic E-state index is 13.4. The maximum absolute atomic E-state index is 13.4. The summed E-state index contributed by atoms with van der Waals surface area (Å²) >= 11 is 0. The lowest BCUT2D eigenvalue weighted by atomic mass is 9.85. The van der Waals surface area contributed by atoms with Crippen molar-refractivity contribution in [3.63, 3.8) is 0 Å². The van der Waals surface area contributed by atoms with Gasteiger partial charge in [0.25, 0.3) is 5.91 Å². The van der Waals surface area contributed by atoms with E-state index < -0.39 is 11.7 Å². The van der Waals surface area contributed by atoms with Crippen molar-refractivity contribution >= 4 is 28.8 Å². The Bertz CT molecular complexity index is 1430. The highest BCUT2D eigenvalue weighted by atomic mass is 19.1. The zero-order valence-corrected chi connectivity index (χ0v) is 22.4. The van der Waals surface area contributed by atoms with Crippen LogP contribution in [0.15, 0.2) is 47.5 Å². The van der Waals surface area contributed by atoms with E-state index in [0.29, 0.717) is 30.8 Å². The molecule has 1 saturated carbocycles. The smallest absolute Gasteiger partial charge is 0.280 e. The monoisotopic (exact) mass is 534 g/mol. The average molecular weight is 535 g/mol. The van der Waals surface area contributed by atoms with Crippen LogP contribution in [0.3, 0.4) is 0 Å². The third-order valence-corrected chi connectivity index (χ3v) is 7.48. The lowest BCUT2D eigenvalue weighted by Gasteiger charge is -2.30. The van der Waals surface area contributed by atoms with Crippen LogP contribution in [0, 0.1) is 11.7 Å². The molecule has 0 atom stereocenters. The molecule has 0 spiro atoms. The molecule has 206 valence electrons. The number of halogens is 1. The lowest BCUT2D eigenvalue weighted by molar-refractivity contribution is -0.126. The van der Waals surface area contributed by atoms with Gasteiger partial charge in [0.05, 0.1) is 17.6 Å². The Hall–Kier alpha value is -3.79. The van der Waals surface area contributed by atoms with Crippen molar-refractivity contribution in [2.75, 3.05) is 19.6 Å². The third-order valence-electron chi connectivity index (χ3n) is 7.48. The standard InChI is InChI=1S/C29H35FN6O3/c1-18(2)32-27(38)21-6-10-23(11-7-21)36-25-15-19(16-35-14-13-31-26(37)17-35)3-12-24(25)33-29(36)34-28(39)20-4-8-22(30)9-5-20/h3-5,8-9,12,15,18,21,23H,6-7,10-11,13-14,16-17H2,1-2H3,(H,31,37)(H,32,38)(H,33,34,39)/t21-,23+.